The van der Waals surface area contributed by atoms with Crippen molar-refractivity contribution >= 4 is 21.8 Å². The van der Waals surface area contributed by atoms with Crippen molar-refractivity contribution in [3.05, 3.63) is 169 Å². The molecule has 0 spiro atoms. The average Bonchev–Trinajstić information content (AvgIpc) is 3.63. The minimum atomic E-state index is 0.280. The third kappa shape index (κ3) is 4.42. The molecular formula is C53H44N4. The second-order valence-corrected chi connectivity index (χ2v) is 18.1. The highest BCUT2D eigenvalue weighted by atomic mass is 15.0. The van der Waals surface area contributed by atoms with Gasteiger partial charge >= 0.3 is 0 Å². The van der Waals surface area contributed by atoms with E-state index >= 15 is 0 Å². The van der Waals surface area contributed by atoms with Gasteiger partial charge in [-0.15, -0.1) is 0 Å². The number of rotatable bonds is 6. The van der Waals surface area contributed by atoms with Crippen LogP contribution in [0.5, 0.6) is 0 Å². The molecule has 0 N–H and O–H groups in total. The number of hydrogen-bond acceptors (Lipinski definition) is 3. The summed E-state index contributed by atoms with van der Waals surface area (Å²) in [5, 5.41) is 2.65. The molecule has 0 radical (unpaired) electrons. The fourth-order valence-electron chi connectivity index (χ4n) is 14.1. The van der Waals surface area contributed by atoms with Gasteiger partial charge in [-0.3, -0.25) is 0 Å². The first kappa shape index (κ1) is 32.2. The predicted molar refractivity (Wildman–Crippen MR) is 229 cm³/mol. The summed E-state index contributed by atoms with van der Waals surface area (Å²) >= 11 is 0. The SMILES string of the molecule is c1ccc(-c2nc(-c3ccccc3)nc(-c3ccc(C45CC6CC7C4CC4CC5C(C6)C7(c5ccc(-n6c7ccccc7c7ccccc76)cc5)C4)cc3)n2)cc1. The molecule has 4 atom stereocenters. The van der Waals surface area contributed by atoms with E-state index in [9.17, 15) is 0 Å². The maximum absolute atomic E-state index is 5.07. The Morgan fingerprint density at radius 3 is 1.19 bits per heavy atom. The Labute approximate surface area is 333 Å². The van der Waals surface area contributed by atoms with Crippen molar-refractivity contribution in [1.29, 1.82) is 0 Å². The number of nitrogens with zero attached hydrogens (tertiary/aromatic N) is 4. The van der Waals surface area contributed by atoms with Gasteiger partial charge < -0.3 is 4.57 Å². The largest absolute Gasteiger partial charge is 0.309 e. The van der Waals surface area contributed by atoms with Crippen LogP contribution in [0, 0.1) is 35.5 Å². The van der Waals surface area contributed by atoms with Crippen molar-refractivity contribution in [1.82, 2.24) is 19.5 Å². The van der Waals surface area contributed by atoms with E-state index in [1.165, 1.54) is 66.0 Å². The van der Waals surface area contributed by atoms with Crippen molar-refractivity contribution in [2.45, 2.75) is 49.4 Å². The first-order valence-electron chi connectivity index (χ1n) is 21.2. The number of fused-ring (bicyclic) bond motifs is 3. The van der Waals surface area contributed by atoms with E-state index in [-0.39, 0.29) is 5.41 Å². The summed E-state index contributed by atoms with van der Waals surface area (Å²) in [6.07, 6.45) is 8.37. The van der Waals surface area contributed by atoms with Crippen LogP contribution in [0.25, 0.3) is 61.7 Å². The van der Waals surface area contributed by atoms with Crippen LogP contribution >= 0.6 is 0 Å². The lowest BCUT2D eigenvalue weighted by Crippen LogP contribution is -2.75. The standard InChI is InChI=1S/C53H44N4/c1-3-11-35(12-4-1)49-54-50(36-13-5-2-6-14-36)56-51(55-49)37-19-21-38(22-20-37)52-31-33-29-45-43(52)27-34-28-44(52)46(30-33)53(45,32-34)39-23-25-40(26-24-39)57-47-17-9-7-15-41(47)42-16-8-10-18-48(42)57/h1-26,33-34,43-46H,27-32H2. The van der Waals surface area contributed by atoms with E-state index < -0.39 is 0 Å². The number of para-hydroxylation sites is 2. The van der Waals surface area contributed by atoms with Crippen LogP contribution in [0.15, 0.2) is 158 Å². The molecule has 8 bridgehead atoms. The van der Waals surface area contributed by atoms with E-state index in [0.29, 0.717) is 17.1 Å². The number of hydrogen-bond donors (Lipinski definition) is 0. The quantitative estimate of drug-likeness (QED) is 0.171. The minimum Gasteiger partial charge on any atom is -0.309 e. The van der Waals surface area contributed by atoms with Crippen LogP contribution in [0.2, 0.25) is 0 Å². The smallest absolute Gasteiger partial charge is 0.164 e. The molecule has 4 unspecified atom stereocenters. The molecule has 7 fully saturated rings. The molecule has 7 aliphatic rings. The molecule has 7 aliphatic carbocycles. The maximum atomic E-state index is 5.07. The van der Waals surface area contributed by atoms with Crippen molar-refractivity contribution in [3.63, 3.8) is 0 Å². The van der Waals surface area contributed by atoms with Gasteiger partial charge in [0.25, 0.3) is 0 Å². The van der Waals surface area contributed by atoms with E-state index in [2.05, 4.69) is 126 Å². The normalized spacial score (nSPS) is 29.1. The number of benzene rings is 6. The van der Waals surface area contributed by atoms with Crippen LogP contribution in [-0.2, 0) is 10.8 Å². The fourth-order valence-corrected chi connectivity index (χ4v) is 14.1. The molecular weight excluding hydrogens is 693 g/mol. The molecule has 0 amide bonds. The van der Waals surface area contributed by atoms with Crippen molar-refractivity contribution < 1.29 is 0 Å². The number of aromatic nitrogens is 4. The Bertz CT molecular complexity index is 2710. The molecule has 0 aliphatic heterocycles. The molecule has 2 heterocycles. The van der Waals surface area contributed by atoms with Gasteiger partial charge in [0, 0.05) is 44.0 Å². The molecule has 2 aromatic heterocycles. The lowest BCUT2D eigenvalue weighted by molar-refractivity contribution is -0.237. The molecule has 57 heavy (non-hydrogen) atoms. The fraction of sp³-hybridized carbons (Fsp3) is 0.264. The first-order chi connectivity index (χ1) is 28.2. The van der Waals surface area contributed by atoms with Gasteiger partial charge in [-0.2, -0.15) is 0 Å². The highest BCUT2D eigenvalue weighted by Gasteiger charge is 2.75. The summed E-state index contributed by atoms with van der Waals surface area (Å²) in [5.74, 6) is 6.85. The van der Waals surface area contributed by atoms with Gasteiger partial charge in [0.1, 0.15) is 0 Å². The summed E-state index contributed by atoms with van der Waals surface area (Å²) in [4.78, 5) is 15.1. The highest BCUT2D eigenvalue weighted by Crippen LogP contribution is 2.80. The summed E-state index contributed by atoms with van der Waals surface area (Å²) in [5.41, 5.74) is 10.7. The Balaban J connectivity index is 0.871. The van der Waals surface area contributed by atoms with Gasteiger partial charge in [-0.05, 0) is 109 Å². The second-order valence-electron chi connectivity index (χ2n) is 18.1. The lowest BCUT2D eigenvalue weighted by atomic mass is 9.25. The van der Waals surface area contributed by atoms with Gasteiger partial charge in [0.15, 0.2) is 17.5 Å². The van der Waals surface area contributed by atoms with E-state index in [1.807, 2.05) is 36.4 Å². The van der Waals surface area contributed by atoms with E-state index in [1.54, 1.807) is 11.1 Å². The average molecular weight is 737 g/mol. The van der Waals surface area contributed by atoms with Crippen molar-refractivity contribution in [2.75, 3.05) is 0 Å². The summed E-state index contributed by atoms with van der Waals surface area (Å²) < 4.78 is 2.48. The molecule has 8 aromatic rings. The molecule has 7 saturated carbocycles. The van der Waals surface area contributed by atoms with Gasteiger partial charge in [0.05, 0.1) is 11.0 Å². The van der Waals surface area contributed by atoms with Crippen LogP contribution in [0.1, 0.15) is 49.7 Å². The molecule has 4 nitrogen and oxygen atoms in total. The zero-order valence-electron chi connectivity index (χ0n) is 32.0. The monoisotopic (exact) mass is 736 g/mol. The summed E-state index contributed by atoms with van der Waals surface area (Å²) in [7, 11) is 0. The molecule has 4 heteroatoms. The third-order valence-corrected chi connectivity index (χ3v) is 15.8. The lowest BCUT2D eigenvalue weighted by Gasteiger charge is -2.79. The Kier molecular flexibility index (Phi) is 6.69. The zero-order chi connectivity index (χ0) is 37.3. The van der Waals surface area contributed by atoms with Gasteiger partial charge in [-0.1, -0.05) is 133 Å². The Morgan fingerprint density at radius 1 is 0.386 bits per heavy atom. The molecule has 15 rings (SSSR count). The Hall–Kier alpha value is -5.87. The topological polar surface area (TPSA) is 43.6 Å². The maximum Gasteiger partial charge on any atom is 0.164 e. The first-order valence-corrected chi connectivity index (χ1v) is 21.2. The Morgan fingerprint density at radius 2 is 0.754 bits per heavy atom. The van der Waals surface area contributed by atoms with Crippen LogP contribution < -0.4 is 0 Å². The molecule has 6 aromatic carbocycles. The third-order valence-electron chi connectivity index (χ3n) is 15.8. The van der Waals surface area contributed by atoms with Crippen molar-refractivity contribution in [3.8, 4) is 39.9 Å². The highest BCUT2D eigenvalue weighted by molar-refractivity contribution is 6.09. The van der Waals surface area contributed by atoms with E-state index in [4.69, 9.17) is 15.0 Å². The van der Waals surface area contributed by atoms with E-state index in [0.717, 1.165) is 58.0 Å². The summed E-state index contributed by atoms with van der Waals surface area (Å²) in [6.45, 7) is 0. The zero-order valence-corrected chi connectivity index (χ0v) is 32.0. The predicted octanol–water partition coefficient (Wildman–Crippen LogP) is 12.3. The van der Waals surface area contributed by atoms with Crippen molar-refractivity contribution in [2.24, 2.45) is 35.5 Å². The second kappa shape index (κ2) is 11.8. The summed E-state index contributed by atoms with van der Waals surface area (Å²) in [6, 6.07) is 58.0. The van der Waals surface area contributed by atoms with Crippen LogP contribution in [0.3, 0.4) is 0 Å². The van der Waals surface area contributed by atoms with Gasteiger partial charge in [-0.25, -0.2) is 15.0 Å². The van der Waals surface area contributed by atoms with Gasteiger partial charge in [0.2, 0.25) is 0 Å². The molecule has 276 valence electrons. The minimum absolute atomic E-state index is 0.280. The van der Waals surface area contributed by atoms with Crippen LogP contribution in [-0.4, -0.2) is 19.5 Å². The van der Waals surface area contributed by atoms with Crippen LogP contribution in [0.4, 0.5) is 0 Å². The molecule has 0 saturated heterocycles.